The smallest absolute Gasteiger partial charge is 0.143 e. The quantitative estimate of drug-likeness (QED) is 0.169. The Labute approximate surface area is 341 Å². The first-order valence-corrected chi connectivity index (χ1v) is 20.2. The van der Waals surface area contributed by atoms with Crippen molar-refractivity contribution in [3.63, 3.8) is 0 Å². The summed E-state index contributed by atoms with van der Waals surface area (Å²) in [6.07, 6.45) is 0. The molecule has 0 amide bonds. The molecule has 0 bridgehead atoms. The Bertz CT molecular complexity index is 3520. The van der Waals surface area contributed by atoms with Crippen molar-refractivity contribution in [2.45, 2.75) is 0 Å². The van der Waals surface area contributed by atoms with Crippen LogP contribution in [0.15, 0.2) is 223 Å². The van der Waals surface area contributed by atoms with E-state index in [9.17, 15) is 0 Å². The van der Waals surface area contributed by atoms with Crippen LogP contribution in [-0.2, 0) is 0 Å². The molecule has 0 aliphatic carbocycles. The van der Waals surface area contributed by atoms with E-state index in [1.165, 1.54) is 48.9 Å². The highest BCUT2D eigenvalue weighted by atomic mass is 16.3. The fourth-order valence-corrected chi connectivity index (χ4v) is 9.16. The highest BCUT2D eigenvalue weighted by Gasteiger charge is 2.22. The summed E-state index contributed by atoms with van der Waals surface area (Å²) in [5.41, 5.74) is 12.9. The van der Waals surface area contributed by atoms with Crippen molar-refractivity contribution in [2.75, 3.05) is 4.90 Å². The molecule has 0 aliphatic heterocycles. The van der Waals surface area contributed by atoms with E-state index in [0.717, 1.165) is 61.4 Å². The number of aromatic nitrogens is 1. The van der Waals surface area contributed by atoms with Gasteiger partial charge >= 0.3 is 0 Å². The van der Waals surface area contributed by atoms with Gasteiger partial charge < -0.3 is 13.9 Å². The summed E-state index contributed by atoms with van der Waals surface area (Å²) in [5.74, 6) is 0. The molecule has 3 nitrogen and oxygen atoms in total. The van der Waals surface area contributed by atoms with Gasteiger partial charge in [0.2, 0.25) is 0 Å². The second-order valence-electron chi connectivity index (χ2n) is 15.3. The fourth-order valence-electron chi connectivity index (χ4n) is 9.16. The minimum atomic E-state index is 0.886. The second kappa shape index (κ2) is 13.4. The molecule has 0 spiro atoms. The van der Waals surface area contributed by atoms with E-state index >= 15 is 0 Å². The zero-order valence-electron chi connectivity index (χ0n) is 32.1. The lowest BCUT2D eigenvalue weighted by atomic mass is 9.98. The third-order valence-corrected chi connectivity index (χ3v) is 11.9. The van der Waals surface area contributed by atoms with Gasteiger partial charge in [0.25, 0.3) is 0 Å². The topological polar surface area (TPSA) is 21.3 Å². The number of hydrogen-bond donors (Lipinski definition) is 0. The average Bonchev–Trinajstić information content (AvgIpc) is 3.84. The molecule has 0 saturated carbocycles. The fraction of sp³-hybridized carbons (Fsp3) is 0. The van der Waals surface area contributed by atoms with Gasteiger partial charge in [0.15, 0.2) is 0 Å². The van der Waals surface area contributed by atoms with Gasteiger partial charge in [-0.1, -0.05) is 146 Å². The van der Waals surface area contributed by atoms with Crippen LogP contribution in [0.4, 0.5) is 17.1 Å². The third kappa shape index (κ3) is 5.44. The predicted molar refractivity (Wildman–Crippen MR) is 249 cm³/mol. The highest BCUT2D eigenvalue weighted by Crippen LogP contribution is 2.45. The van der Waals surface area contributed by atoms with Crippen molar-refractivity contribution >= 4 is 82.4 Å². The summed E-state index contributed by atoms with van der Waals surface area (Å²) in [7, 11) is 0. The number of hydrogen-bond acceptors (Lipinski definition) is 2. The number of benzene rings is 10. The molecular formula is C56H36N2O. The number of anilines is 3. The summed E-state index contributed by atoms with van der Waals surface area (Å²) in [4.78, 5) is 2.39. The van der Waals surface area contributed by atoms with E-state index in [-0.39, 0.29) is 0 Å². The zero-order chi connectivity index (χ0) is 38.9. The molecule has 2 aromatic heterocycles. The maximum atomic E-state index is 6.81. The van der Waals surface area contributed by atoms with Crippen molar-refractivity contribution < 1.29 is 4.42 Å². The minimum absolute atomic E-state index is 0.886. The van der Waals surface area contributed by atoms with Crippen molar-refractivity contribution in [2.24, 2.45) is 0 Å². The molecule has 0 fully saturated rings. The number of furan rings is 1. The molecule has 10 aromatic carbocycles. The average molecular weight is 753 g/mol. The highest BCUT2D eigenvalue weighted by molar-refractivity contribution is 6.14. The van der Waals surface area contributed by atoms with Crippen LogP contribution in [0, 0.1) is 0 Å². The molecule has 59 heavy (non-hydrogen) atoms. The first-order chi connectivity index (χ1) is 29.2. The number of nitrogens with zero attached hydrogens (tertiary/aromatic N) is 2. The summed E-state index contributed by atoms with van der Waals surface area (Å²) >= 11 is 0. The Morgan fingerprint density at radius 1 is 0.356 bits per heavy atom. The van der Waals surface area contributed by atoms with Crippen LogP contribution in [0.25, 0.3) is 93.2 Å². The van der Waals surface area contributed by atoms with Crippen LogP contribution in [-0.4, -0.2) is 4.57 Å². The largest absolute Gasteiger partial charge is 0.455 e. The Morgan fingerprint density at radius 3 is 1.73 bits per heavy atom. The van der Waals surface area contributed by atoms with E-state index < -0.39 is 0 Å². The van der Waals surface area contributed by atoms with E-state index in [0.29, 0.717) is 0 Å². The Kier molecular flexibility index (Phi) is 7.54. The Balaban J connectivity index is 1.05. The number of rotatable bonds is 6. The molecule has 0 N–H and O–H groups in total. The van der Waals surface area contributed by atoms with E-state index in [2.05, 4.69) is 228 Å². The molecule has 0 unspecified atom stereocenters. The van der Waals surface area contributed by atoms with Gasteiger partial charge in [-0.25, -0.2) is 0 Å². The number of fused-ring (bicyclic) bond motifs is 8. The first kappa shape index (κ1) is 33.3. The van der Waals surface area contributed by atoms with Gasteiger partial charge in [0, 0.05) is 49.7 Å². The predicted octanol–water partition coefficient (Wildman–Crippen LogP) is 15.8. The van der Waals surface area contributed by atoms with Crippen molar-refractivity contribution in [3.8, 4) is 27.9 Å². The van der Waals surface area contributed by atoms with E-state index in [1.54, 1.807) is 0 Å². The molecule has 0 aliphatic rings. The van der Waals surface area contributed by atoms with Crippen LogP contribution < -0.4 is 4.90 Å². The maximum Gasteiger partial charge on any atom is 0.143 e. The molecular weight excluding hydrogens is 717 g/mol. The molecule has 3 heteroatoms. The summed E-state index contributed by atoms with van der Waals surface area (Å²) < 4.78 is 9.18. The van der Waals surface area contributed by atoms with Crippen LogP contribution in [0.5, 0.6) is 0 Å². The normalized spacial score (nSPS) is 11.7. The summed E-state index contributed by atoms with van der Waals surface area (Å²) in [6, 6.07) is 78.7. The zero-order valence-corrected chi connectivity index (χ0v) is 32.1. The first-order valence-electron chi connectivity index (χ1n) is 20.2. The Hall–Kier alpha value is -7.88. The van der Waals surface area contributed by atoms with E-state index in [4.69, 9.17) is 4.42 Å². The molecule has 12 rings (SSSR count). The van der Waals surface area contributed by atoms with Gasteiger partial charge in [-0.05, 0) is 105 Å². The van der Waals surface area contributed by atoms with Gasteiger partial charge in [-0.3, -0.25) is 0 Å². The second-order valence-corrected chi connectivity index (χ2v) is 15.3. The molecule has 0 saturated heterocycles. The lowest BCUT2D eigenvalue weighted by molar-refractivity contribution is 0.670. The van der Waals surface area contributed by atoms with Gasteiger partial charge in [0.05, 0.1) is 16.7 Å². The maximum absolute atomic E-state index is 6.81. The van der Waals surface area contributed by atoms with Gasteiger partial charge in [-0.15, -0.1) is 0 Å². The standard InChI is InChI=1S/C56H36N2O/c1-2-14-38-33-42(28-27-37(38)13-1)39-17-11-18-45(34-39)57(43-29-31-44(32-30-43)58-53-25-9-5-19-46(53)47-20-6-10-26-54(47)58)52-24-8-7-21-48(52)49-22-12-23-50-51-35-40-15-3-4-16-41(40)36-55(51)59-56(49)50/h1-36H. The lowest BCUT2D eigenvalue weighted by Crippen LogP contribution is -2.11. The summed E-state index contributed by atoms with van der Waals surface area (Å²) in [5, 5.41) is 9.57. The van der Waals surface area contributed by atoms with Crippen LogP contribution >= 0.6 is 0 Å². The lowest BCUT2D eigenvalue weighted by Gasteiger charge is -2.28. The number of para-hydroxylation sites is 4. The SMILES string of the molecule is c1cc(-c2ccc3ccccc3c2)cc(N(c2ccc(-n3c4ccccc4c4ccccc43)cc2)c2ccccc2-c2cccc3c2oc2cc4ccccc4cc23)c1. The van der Waals surface area contributed by atoms with E-state index in [1.807, 2.05) is 0 Å². The molecule has 0 radical (unpaired) electrons. The molecule has 0 atom stereocenters. The Morgan fingerprint density at radius 2 is 0.949 bits per heavy atom. The van der Waals surface area contributed by atoms with Crippen LogP contribution in [0.1, 0.15) is 0 Å². The van der Waals surface area contributed by atoms with Crippen molar-refractivity contribution in [3.05, 3.63) is 218 Å². The van der Waals surface area contributed by atoms with Gasteiger partial charge in [0.1, 0.15) is 11.2 Å². The monoisotopic (exact) mass is 752 g/mol. The van der Waals surface area contributed by atoms with Gasteiger partial charge in [-0.2, -0.15) is 0 Å². The van der Waals surface area contributed by atoms with Crippen molar-refractivity contribution in [1.82, 2.24) is 4.57 Å². The molecule has 12 aromatic rings. The molecule has 2 heterocycles. The minimum Gasteiger partial charge on any atom is -0.455 e. The van der Waals surface area contributed by atoms with Crippen LogP contribution in [0.3, 0.4) is 0 Å². The van der Waals surface area contributed by atoms with Crippen molar-refractivity contribution in [1.29, 1.82) is 0 Å². The van der Waals surface area contributed by atoms with Crippen LogP contribution in [0.2, 0.25) is 0 Å². The molecule has 276 valence electrons. The summed E-state index contributed by atoms with van der Waals surface area (Å²) in [6.45, 7) is 0. The third-order valence-electron chi connectivity index (χ3n) is 11.9.